The zero-order valence-electron chi connectivity index (χ0n) is 7.81. The number of hydrogen-bond acceptors (Lipinski definition) is 1. The fraction of sp³-hybridized carbons (Fsp3) is 1.00. The van der Waals surface area contributed by atoms with Crippen LogP contribution in [0.5, 0.6) is 0 Å². The summed E-state index contributed by atoms with van der Waals surface area (Å²) >= 11 is 0. The second-order valence-electron chi connectivity index (χ2n) is 4.43. The molecule has 1 heterocycles. The molecule has 1 aliphatic heterocycles. The van der Waals surface area contributed by atoms with Gasteiger partial charge in [-0.2, -0.15) is 0 Å². The molecule has 0 bridgehead atoms. The average Bonchev–Trinajstić information content (AvgIpc) is 1.95. The highest BCUT2D eigenvalue weighted by Crippen LogP contribution is 2.38. The van der Waals surface area contributed by atoms with Crippen LogP contribution in [0.25, 0.3) is 0 Å². The Balaban J connectivity index is 2.71. The summed E-state index contributed by atoms with van der Waals surface area (Å²) in [5.41, 5.74) is 0.522. The van der Waals surface area contributed by atoms with Gasteiger partial charge in [0.2, 0.25) is 0 Å². The highest BCUT2D eigenvalue weighted by Gasteiger charge is 2.39. The molecule has 0 spiro atoms. The summed E-state index contributed by atoms with van der Waals surface area (Å²) in [6.45, 7) is 10.6. The van der Waals surface area contributed by atoms with Crippen molar-refractivity contribution in [2.75, 3.05) is 13.6 Å². The minimum absolute atomic E-state index is 0.522. The van der Waals surface area contributed by atoms with Gasteiger partial charge in [0.1, 0.15) is 0 Å². The first-order valence-corrected chi connectivity index (χ1v) is 4.15. The van der Waals surface area contributed by atoms with E-state index < -0.39 is 0 Å². The molecule has 1 nitrogen and oxygen atoms in total. The van der Waals surface area contributed by atoms with Crippen LogP contribution in [0.15, 0.2) is 0 Å². The molecule has 1 saturated heterocycles. The van der Waals surface area contributed by atoms with Crippen LogP contribution in [0.4, 0.5) is 0 Å². The van der Waals surface area contributed by atoms with Gasteiger partial charge in [-0.05, 0) is 25.3 Å². The SMILES string of the molecule is CC1C(C)C(C)(C)CN1C. The quantitative estimate of drug-likeness (QED) is 0.498. The summed E-state index contributed by atoms with van der Waals surface area (Å²) in [6.07, 6.45) is 0. The predicted octanol–water partition coefficient (Wildman–Crippen LogP) is 1.98. The third-order valence-electron chi connectivity index (χ3n) is 3.31. The minimum atomic E-state index is 0.522. The Morgan fingerprint density at radius 3 is 1.90 bits per heavy atom. The van der Waals surface area contributed by atoms with Gasteiger partial charge in [-0.3, -0.25) is 0 Å². The third kappa shape index (κ3) is 1.07. The first kappa shape index (κ1) is 8.06. The molecule has 0 aromatic rings. The van der Waals surface area contributed by atoms with Crippen LogP contribution in [0.1, 0.15) is 27.7 Å². The van der Waals surface area contributed by atoms with Crippen LogP contribution in [0.2, 0.25) is 0 Å². The van der Waals surface area contributed by atoms with Crippen LogP contribution in [0.3, 0.4) is 0 Å². The van der Waals surface area contributed by atoms with E-state index in [1.807, 2.05) is 0 Å². The van der Waals surface area contributed by atoms with Gasteiger partial charge in [-0.15, -0.1) is 0 Å². The zero-order chi connectivity index (χ0) is 7.94. The summed E-state index contributed by atoms with van der Waals surface area (Å²) in [6, 6.07) is 0.759. The molecule has 1 heteroatoms. The van der Waals surface area contributed by atoms with Crippen molar-refractivity contribution in [1.82, 2.24) is 4.90 Å². The number of rotatable bonds is 0. The summed E-state index contributed by atoms with van der Waals surface area (Å²) < 4.78 is 0. The maximum atomic E-state index is 2.45. The molecule has 0 saturated carbocycles. The van der Waals surface area contributed by atoms with Crippen LogP contribution in [-0.2, 0) is 0 Å². The lowest BCUT2D eigenvalue weighted by Crippen LogP contribution is -2.24. The first-order valence-electron chi connectivity index (χ1n) is 4.15. The predicted molar refractivity (Wildman–Crippen MR) is 45.0 cm³/mol. The normalized spacial score (nSPS) is 40.5. The molecule has 2 atom stereocenters. The zero-order valence-corrected chi connectivity index (χ0v) is 7.81. The van der Waals surface area contributed by atoms with Crippen LogP contribution in [0, 0.1) is 11.3 Å². The average molecular weight is 141 g/mol. The van der Waals surface area contributed by atoms with Crippen LogP contribution < -0.4 is 0 Å². The topological polar surface area (TPSA) is 3.24 Å². The smallest absolute Gasteiger partial charge is 0.00953 e. The molecule has 0 radical (unpaired) electrons. The third-order valence-corrected chi connectivity index (χ3v) is 3.31. The van der Waals surface area contributed by atoms with Crippen LogP contribution in [-0.4, -0.2) is 24.5 Å². The van der Waals surface area contributed by atoms with Gasteiger partial charge >= 0.3 is 0 Å². The molecule has 1 fully saturated rings. The van der Waals surface area contributed by atoms with E-state index in [-0.39, 0.29) is 0 Å². The second kappa shape index (κ2) is 2.23. The minimum Gasteiger partial charge on any atom is -0.303 e. The summed E-state index contributed by atoms with van der Waals surface area (Å²) in [4.78, 5) is 2.45. The first-order chi connectivity index (χ1) is 4.45. The Morgan fingerprint density at radius 2 is 1.80 bits per heavy atom. The molecule has 0 N–H and O–H groups in total. The highest BCUT2D eigenvalue weighted by molar-refractivity contribution is 4.92. The molecule has 0 amide bonds. The largest absolute Gasteiger partial charge is 0.303 e. The Hall–Kier alpha value is -0.0400. The highest BCUT2D eigenvalue weighted by atomic mass is 15.2. The fourth-order valence-electron chi connectivity index (χ4n) is 1.97. The molecular weight excluding hydrogens is 122 g/mol. The summed E-state index contributed by atoms with van der Waals surface area (Å²) in [7, 11) is 2.22. The van der Waals surface area contributed by atoms with Gasteiger partial charge in [0.25, 0.3) is 0 Å². The Morgan fingerprint density at radius 1 is 1.30 bits per heavy atom. The van der Waals surface area contributed by atoms with Crippen molar-refractivity contribution in [2.45, 2.75) is 33.7 Å². The van der Waals surface area contributed by atoms with E-state index in [9.17, 15) is 0 Å². The van der Waals surface area contributed by atoms with Crippen molar-refractivity contribution < 1.29 is 0 Å². The molecular formula is C9H19N. The van der Waals surface area contributed by atoms with E-state index in [1.54, 1.807) is 0 Å². The number of hydrogen-bond donors (Lipinski definition) is 0. The maximum Gasteiger partial charge on any atom is 0.00953 e. The lowest BCUT2D eigenvalue weighted by atomic mass is 9.81. The van der Waals surface area contributed by atoms with Gasteiger partial charge in [0.15, 0.2) is 0 Å². The lowest BCUT2D eigenvalue weighted by Gasteiger charge is -2.23. The van der Waals surface area contributed by atoms with Crippen molar-refractivity contribution in [1.29, 1.82) is 0 Å². The maximum absolute atomic E-state index is 2.45. The van der Waals surface area contributed by atoms with Crippen molar-refractivity contribution in [3.63, 3.8) is 0 Å². The van der Waals surface area contributed by atoms with Gasteiger partial charge in [0.05, 0.1) is 0 Å². The molecule has 10 heavy (non-hydrogen) atoms. The van der Waals surface area contributed by atoms with Crippen LogP contribution >= 0.6 is 0 Å². The van der Waals surface area contributed by atoms with E-state index in [0.717, 1.165) is 12.0 Å². The molecule has 1 aliphatic rings. The molecule has 0 aromatic heterocycles. The molecule has 2 unspecified atom stereocenters. The fourth-order valence-corrected chi connectivity index (χ4v) is 1.97. The number of likely N-dealkylation sites (tertiary alicyclic amines) is 1. The summed E-state index contributed by atoms with van der Waals surface area (Å²) in [5.74, 6) is 0.831. The van der Waals surface area contributed by atoms with E-state index in [4.69, 9.17) is 0 Å². The Bertz CT molecular complexity index is 129. The number of nitrogens with zero attached hydrogens (tertiary/aromatic N) is 1. The van der Waals surface area contributed by atoms with Gasteiger partial charge in [0, 0.05) is 12.6 Å². The van der Waals surface area contributed by atoms with Crippen molar-refractivity contribution in [2.24, 2.45) is 11.3 Å². The Labute approximate surface area is 64.4 Å². The molecule has 0 aliphatic carbocycles. The molecule has 0 aromatic carbocycles. The van der Waals surface area contributed by atoms with E-state index >= 15 is 0 Å². The van der Waals surface area contributed by atoms with Gasteiger partial charge in [-0.25, -0.2) is 0 Å². The van der Waals surface area contributed by atoms with E-state index in [2.05, 4.69) is 39.6 Å². The molecule has 1 rings (SSSR count). The van der Waals surface area contributed by atoms with Crippen molar-refractivity contribution in [3.05, 3.63) is 0 Å². The van der Waals surface area contributed by atoms with Gasteiger partial charge in [-0.1, -0.05) is 20.8 Å². The van der Waals surface area contributed by atoms with Crippen molar-refractivity contribution in [3.8, 4) is 0 Å². The Kier molecular flexibility index (Phi) is 1.80. The van der Waals surface area contributed by atoms with E-state index in [0.29, 0.717) is 5.41 Å². The molecule has 60 valence electrons. The summed E-state index contributed by atoms with van der Waals surface area (Å²) in [5, 5.41) is 0. The monoisotopic (exact) mass is 141 g/mol. The van der Waals surface area contributed by atoms with E-state index in [1.165, 1.54) is 6.54 Å². The van der Waals surface area contributed by atoms with Crippen molar-refractivity contribution >= 4 is 0 Å². The standard InChI is InChI=1S/C9H19N/c1-7-8(2)10(5)6-9(7,3)4/h7-8H,6H2,1-5H3. The van der Waals surface area contributed by atoms with Gasteiger partial charge < -0.3 is 4.90 Å². The lowest BCUT2D eigenvalue weighted by molar-refractivity contribution is 0.286. The second-order valence-corrected chi connectivity index (χ2v) is 4.43.